The third kappa shape index (κ3) is 2.36. The van der Waals surface area contributed by atoms with Crippen molar-refractivity contribution in [2.75, 3.05) is 20.3 Å². The second kappa shape index (κ2) is 5.28. The van der Waals surface area contributed by atoms with Crippen LogP contribution in [0.2, 0.25) is 0 Å². The van der Waals surface area contributed by atoms with Crippen LogP contribution in [0.15, 0.2) is 36.8 Å². The lowest BCUT2D eigenvalue weighted by Gasteiger charge is -2.18. The molecule has 3 aromatic rings. The van der Waals surface area contributed by atoms with Gasteiger partial charge < -0.3 is 19.2 Å². The quantitative estimate of drug-likeness (QED) is 0.776. The molecule has 0 bridgehead atoms. The van der Waals surface area contributed by atoms with E-state index in [0.29, 0.717) is 24.6 Å². The van der Waals surface area contributed by atoms with Gasteiger partial charge in [-0.2, -0.15) is 0 Å². The highest BCUT2D eigenvalue weighted by Crippen LogP contribution is 2.34. The molecule has 1 aliphatic rings. The van der Waals surface area contributed by atoms with Gasteiger partial charge in [0, 0.05) is 25.0 Å². The van der Waals surface area contributed by atoms with Gasteiger partial charge in [-0.1, -0.05) is 0 Å². The molecule has 1 aliphatic heterocycles. The van der Waals surface area contributed by atoms with E-state index in [4.69, 9.17) is 9.47 Å². The summed E-state index contributed by atoms with van der Waals surface area (Å²) in [5, 5.41) is 2.55. The number of hydrogen-bond donors (Lipinski definition) is 1. The van der Waals surface area contributed by atoms with E-state index in [1.165, 1.54) is 0 Å². The van der Waals surface area contributed by atoms with E-state index in [2.05, 4.69) is 15.3 Å². The molecule has 1 amide bonds. The van der Waals surface area contributed by atoms with Crippen molar-refractivity contribution in [1.29, 1.82) is 0 Å². The van der Waals surface area contributed by atoms with E-state index in [1.807, 2.05) is 24.4 Å². The Balaban J connectivity index is 1.75. The highest BCUT2D eigenvalue weighted by molar-refractivity contribution is 5.91. The Morgan fingerprint density at radius 3 is 2.87 bits per heavy atom. The van der Waals surface area contributed by atoms with E-state index >= 15 is 0 Å². The molecule has 4 rings (SSSR count). The minimum absolute atomic E-state index is 0.235. The van der Waals surface area contributed by atoms with Crippen molar-refractivity contribution in [2.24, 2.45) is 0 Å². The van der Waals surface area contributed by atoms with Crippen LogP contribution in [0, 0.1) is 0 Å². The zero-order valence-electron chi connectivity index (χ0n) is 12.4. The van der Waals surface area contributed by atoms with E-state index in [9.17, 15) is 4.79 Å². The molecule has 0 radical (unpaired) electrons. The fraction of sp³-hybridized carbons (Fsp3) is 0.188. The predicted octanol–water partition coefficient (Wildman–Crippen LogP) is 1.53. The number of imidazole rings is 1. The fourth-order valence-electron chi connectivity index (χ4n) is 2.49. The van der Waals surface area contributed by atoms with Crippen LogP contribution in [0.5, 0.6) is 11.5 Å². The second-order valence-electron chi connectivity index (χ2n) is 5.10. The maximum atomic E-state index is 11.7. The molecule has 1 aromatic carbocycles. The molecule has 23 heavy (non-hydrogen) atoms. The summed E-state index contributed by atoms with van der Waals surface area (Å²) < 4.78 is 12.9. The van der Waals surface area contributed by atoms with Gasteiger partial charge in [-0.05, 0) is 18.2 Å². The molecule has 0 aliphatic carbocycles. The minimum atomic E-state index is -0.235. The van der Waals surface area contributed by atoms with Gasteiger partial charge >= 0.3 is 0 Å². The highest BCUT2D eigenvalue weighted by Gasteiger charge is 2.14. The van der Waals surface area contributed by atoms with Crippen molar-refractivity contribution in [2.45, 2.75) is 0 Å². The smallest absolute Gasteiger partial charge is 0.271 e. The number of aromatic nitrogens is 3. The molecule has 2 aromatic heterocycles. The predicted molar refractivity (Wildman–Crippen MR) is 82.8 cm³/mol. The first kappa shape index (κ1) is 13.6. The van der Waals surface area contributed by atoms with Gasteiger partial charge in [0.15, 0.2) is 17.1 Å². The first-order chi connectivity index (χ1) is 11.2. The number of carbonyl (C=O) groups excluding carboxylic acids is 1. The lowest BCUT2D eigenvalue weighted by atomic mass is 10.1. The zero-order chi connectivity index (χ0) is 15.8. The van der Waals surface area contributed by atoms with E-state index < -0.39 is 0 Å². The molecule has 0 atom stereocenters. The topological polar surface area (TPSA) is 77.8 Å². The standard InChI is InChI=1S/C16H14N4O3/c1-17-16(21)12-9-20-8-11(19-15(20)7-18-12)10-2-3-13-14(6-10)23-5-4-22-13/h2-3,6-9H,4-5H2,1H3,(H,17,21). The number of nitrogens with zero attached hydrogens (tertiary/aromatic N) is 3. The average molecular weight is 310 g/mol. The monoisotopic (exact) mass is 310 g/mol. The molecular weight excluding hydrogens is 296 g/mol. The van der Waals surface area contributed by atoms with Crippen molar-refractivity contribution in [3.05, 3.63) is 42.5 Å². The van der Waals surface area contributed by atoms with Crippen molar-refractivity contribution in [3.63, 3.8) is 0 Å². The Labute approximate surface area is 131 Å². The first-order valence-electron chi connectivity index (χ1n) is 7.21. The molecule has 0 saturated carbocycles. The number of nitrogens with one attached hydrogen (secondary N) is 1. The minimum Gasteiger partial charge on any atom is -0.486 e. The number of benzene rings is 1. The number of hydrogen-bond acceptors (Lipinski definition) is 5. The van der Waals surface area contributed by atoms with Gasteiger partial charge in [-0.25, -0.2) is 9.97 Å². The number of fused-ring (bicyclic) bond motifs is 2. The molecule has 0 spiro atoms. The van der Waals surface area contributed by atoms with Gasteiger partial charge in [0.1, 0.15) is 18.9 Å². The van der Waals surface area contributed by atoms with Gasteiger partial charge in [-0.3, -0.25) is 4.79 Å². The van der Waals surface area contributed by atoms with Crippen LogP contribution in [0.1, 0.15) is 10.5 Å². The van der Waals surface area contributed by atoms with Crippen LogP contribution >= 0.6 is 0 Å². The summed E-state index contributed by atoms with van der Waals surface area (Å²) >= 11 is 0. The van der Waals surface area contributed by atoms with E-state index in [-0.39, 0.29) is 5.91 Å². The number of rotatable bonds is 2. The van der Waals surface area contributed by atoms with Crippen LogP contribution in [0.25, 0.3) is 16.9 Å². The van der Waals surface area contributed by atoms with Gasteiger partial charge in [0.2, 0.25) is 0 Å². The van der Waals surface area contributed by atoms with Crippen LogP contribution < -0.4 is 14.8 Å². The lowest BCUT2D eigenvalue weighted by molar-refractivity contribution is 0.0957. The van der Waals surface area contributed by atoms with Crippen molar-refractivity contribution in [1.82, 2.24) is 19.7 Å². The third-order valence-electron chi connectivity index (χ3n) is 3.64. The fourth-order valence-corrected chi connectivity index (χ4v) is 2.49. The van der Waals surface area contributed by atoms with Crippen LogP contribution in [-0.4, -0.2) is 40.5 Å². The van der Waals surface area contributed by atoms with Crippen LogP contribution in [-0.2, 0) is 0 Å². The molecule has 0 fully saturated rings. The number of amides is 1. The molecular formula is C16H14N4O3. The first-order valence-corrected chi connectivity index (χ1v) is 7.21. The summed E-state index contributed by atoms with van der Waals surface area (Å²) in [5.74, 6) is 1.23. The van der Waals surface area contributed by atoms with Crippen LogP contribution in [0.4, 0.5) is 0 Å². The zero-order valence-corrected chi connectivity index (χ0v) is 12.4. The number of carbonyl (C=O) groups is 1. The molecule has 3 heterocycles. The average Bonchev–Trinajstić information content (AvgIpc) is 3.03. The Morgan fingerprint density at radius 1 is 1.22 bits per heavy atom. The second-order valence-corrected chi connectivity index (χ2v) is 5.10. The Kier molecular flexibility index (Phi) is 3.11. The maximum absolute atomic E-state index is 11.7. The SMILES string of the molecule is CNC(=O)c1cn2cc(-c3ccc4c(c3)OCCO4)nc2cn1. The summed E-state index contributed by atoms with van der Waals surface area (Å²) in [5.41, 5.74) is 2.70. The third-order valence-corrected chi connectivity index (χ3v) is 3.64. The van der Waals surface area contributed by atoms with Gasteiger partial charge in [0.25, 0.3) is 5.91 Å². The lowest BCUT2D eigenvalue weighted by Crippen LogP contribution is -2.19. The molecule has 116 valence electrons. The maximum Gasteiger partial charge on any atom is 0.271 e. The Bertz CT molecular complexity index is 903. The van der Waals surface area contributed by atoms with Crippen LogP contribution in [0.3, 0.4) is 0 Å². The molecule has 0 unspecified atom stereocenters. The van der Waals surface area contributed by atoms with Crippen molar-refractivity contribution in [3.8, 4) is 22.8 Å². The molecule has 0 saturated heterocycles. The largest absolute Gasteiger partial charge is 0.486 e. The highest BCUT2D eigenvalue weighted by atomic mass is 16.6. The Hall–Kier alpha value is -3.09. The summed E-state index contributed by atoms with van der Waals surface area (Å²) in [7, 11) is 1.57. The summed E-state index contributed by atoms with van der Waals surface area (Å²) in [6.07, 6.45) is 5.09. The summed E-state index contributed by atoms with van der Waals surface area (Å²) in [4.78, 5) is 20.3. The Morgan fingerprint density at radius 2 is 2.04 bits per heavy atom. The summed E-state index contributed by atoms with van der Waals surface area (Å²) in [6, 6.07) is 5.72. The van der Waals surface area contributed by atoms with Crippen molar-refractivity contribution < 1.29 is 14.3 Å². The normalized spacial score (nSPS) is 13.1. The number of ether oxygens (including phenoxy) is 2. The van der Waals surface area contributed by atoms with E-state index in [0.717, 1.165) is 22.8 Å². The molecule has 7 heteroatoms. The molecule has 1 N–H and O–H groups in total. The van der Waals surface area contributed by atoms with Gasteiger partial charge in [0.05, 0.1) is 11.9 Å². The van der Waals surface area contributed by atoms with Crippen molar-refractivity contribution >= 4 is 11.6 Å². The summed E-state index contributed by atoms with van der Waals surface area (Å²) in [6.45, 7) is 1.11. The molecule has 7 nitrogen and oxygen atoms in total. The van der Waals surface area contributed by atoms with E-state index in [1.54, 1.807) is 23.8 Å². The van der Waals surface area contributed by atoms with Gasteiger partial charge in [-0.15, -0.1) is 0 Å².